The van der Waals surface area contributed by atoms with Crippen LogP contribution in [0.4, 0.5) is 10.1 Å². The normalized spacial score (nSPS) is 11.1. The lowest BCUT2D eigenvalue weighted by Gasteiger charge is -2.07. The number of anilines is 1. The summed E-state index contributed by atoms with van der Waals surface area (Å²) in [4.78, 5) is 21.4. The molecule has 0 fully saturated rings. The maximum Gasteiger partial charge on any atom is 0.230 e. The monoisotopic (exact) mass is 461 g/mol. The van der Waals surface area contributed by atoms with E-state index in [1.165, 1.54) is 24.5 Å². The fourth-order valence-electron chi connectivity index (χ4n) is 3.46. The van der Waals surface area contributed by atoms with E-state index in [4.69, 9.17) is 11.6 Å². The van der Waals surface area contributed by atoms with E-state index in [0.29, 0.717) is 17.2 Å². The molecule has 4 heterocycles. The summed E-state index contributed by atoms with van der Waals surface area (Å²) in [5.41, 5.74) is 4.09. The molecule has 0 aliphatic heterocycles. The fourth-order valence-corrected chi connectivity index (χ4v) is 3.64. The van der Waals surface area contributed by atoms with Gasteiger partial charge in [-0.25, -0.2) is 23.6 Å². The van der Waals surface area contributed by atoms with Gasteiger partial charge in [0.05, 0.1) is 22.8 Å². The molecule has 0 radical (unpaired) electrons. The summed E-state index contributed by atoms with van der Waals surface area (Å²) in [6, 6.07) is 15.3. The Kier molecular flexibility index (Phi) is 5.31. The highest BCUT2D eigenvalue weighted by Gasteiger charge is 2.16. The number of pyridine rings is 2. The highest BCUT2D eigenvalue weighted by atomic mass is 35.5. The Balaban J connectivity index is 1.49. The van der Waals surface area contributed by atoms with Crippen molar-refractivity contribution in [1.29, 1.82) is 0 Å². The molecular formula is C23H17ClFN7O. The van der Waals surface area contributed by atoms with E-state index < -0.39 is 5.82 Å². The summed E-state index contributed by atoms with van der Waals surface area (Å²) in [5.74, 6) is -0.230. The zero-order chi connectivity index (χ0) is 22.9. The molecule has 1 aromatic carbocycles. The molecule has 4 aromatic heterocycles. The van der Waals surface area contributed by atoms with Gasteiger partial charge < -0.3 is 5.32 Å². The molecule has 8 nitrogen and oxygen atoms in total. The number of amides is 1. The van der Waals surface area contributed by atoms with Crippen molar-refractivity contribution in [2.45, 2.75) is 13.3 Å². The standard InChI is InChI=1S/C23H17ClFN7O/c1-14-3-2-4-22(28-14)32-20(15-5-8-21-26-13-27-31(21)12-15)10-17(30-32)11-23(33)29-16-6-7-19(25)18(24)9-16/h2-10,12-13H,11H2,1H3,(H,29,33). The van der Waals surface area contributed by atoms with Crippen LogP contribution in [-0.2, 0) is 11.2 Å². The second-order valence-electron chi connectivity index (χ2n) is 7.40. The second-order valence-corrected chi connectivity index (χ2v) is 7.81. The van der Waals surface area contributed by atoms with E-state index in [2.05, 4.69) is 25.5 Å². The topological polar surface area (TPSA) is 90.0 Å². The summed E-state index contributed by atoms with van der Waals surface area (Å²) in [6.07, 6.45) is 3.33. The SMILES string of the molecule is Cc1cccc(-n2nc(CC(=O)Nc3ccc(F)c(Cl)c3)cc2-c2ccc3ncnn3c2)n1. The van der Waals surface area contributed by atoms with Crippen molar-refractivity contribution in [3.05, 3.63) is 89.3 Å². The predicted octanol–water partition coefficient (Wildman–Crippen LogP) is 4.26. The number of nitrogens with zero attached hydrogens (tertiary/aromatic N) is 6. The van der Waals surface area contributed by atoms with E-state index in [0.717, 1.165) is 22.6 Å². The Bertz CT molecular complexity index is 1490. The van der Waals surface area contributed by atoms with Crippen molar-refractivity contribution in [3.8, 4) is 17.1 Å². The molecule has 0 saturated carbocycles. The van der Waals surface area contributed by atoms with Gasteiger partial charge in [0.15, 0.2) is 11.5 Å². The Labute approximate surface area is 192 Å². The van der Waals surface area contributed by atoms with E-state index in [1.807, 2.05) is 49.5 Å². The third-order valence-electron chi connectivity index (χ3n) is 4.97. The van der Waals surface area contributed by atoms with Gasteiger partial charge in [0, 0.05) is 23.1 Å². The van der Waals surface area contributed by atoms with Crippen LogP contribution in [0, 0.1) is 12.7 Å². The van der Waals surface area contributed by atoms with Crippen LogP contribution in [0.2, 0.25) is 5.02 Å². The van der Waals surface area contributed by atoms with Gasteiger partial charge in [-0.15, -0.1) is 0 Å². The minimum Gasteiger partial charge on any atom is -0.326 e. The third-order valence-corrected chi connectivity index (χ3v) is 5.26. The second kappa shape index (κ2) is 8.44. The average Bonchev–Trinajstić information content (AvgIpc) is 3.42. The van der Waals surface area contributed by atoms with Gasteiger partial charge in [0.1, 0.15) is 12.1 Å². The maximum absolute atomic E-state index is 13.4. The number of hydrogen-bond donors (Lipinski definition) is 1. The highest BCUT2D eigenvalue weighted by molar-refractivity contribution is 6.31. The number of nitrogens with one attached hydrogen (secondary N) is 1. The van der Waals surface area contributed by atoms with Crippen molar-refractivity contribution >= 4 is 28.8 Å². The van der Waals surface area contributed by atoms with Gasteiger partial charge in [-0.2, -0.15) is 10.2 Å². The van der Waals surface area contributed by atoms with Crippen LogP contribution < -0.4 is 5.32 Å². The van der Waals surface area contributed by atoms with Crippen molar-refractivity contribution in [2.24, 2.45) is 0 Å². The molecule has 0 saturated heterocycles. The molecular weight excluding hydrogens is 445 g/mol. The molecule has 10 heteroatoms. The lowest BCUT2D eigenvalue weighted by Crippen LogP contribution is -2.15. The number of benzene rings is 1. The smallest absolute Gasteiger partial charge is 0.230 e. The fraction of sp³-hybridized carbons (Fsp3) is 0.0870. The molecule has 1 amide bonds. The summed E-state index contributed by atoms with van der Waals surface area (Å²) in [7, 11) is 0. The first-order valence-corrected chi connectivity index (χ1v) is 10.4. The Morgan fingerprint density at radius 1 is 1.15 bits per heavy atom. The van der Waals surface area contributed by atoms with Crippen LogP contribution in [0.5, 0.6) is 0 Å². The first-order chi connectivity index (χ1) is 16.0. The molecule has 0 bridgehead atoms. The Morgan fingerprint density at radius 3 is 2.85 bits per heavy atom. The summed E-state index contributed by atoms with van der Waals surface area (Å²) in [6.45, 7) is 1.90. The van der Waals surface area contributed by atoms with E-state index in [1.54, 1.807) is 9.20 Å². The molecule has 0 aliphatic rings. The molecule has 0 spiro atoms. The number of halogens is 2. The molecule has 0 unspecified atom stereocenters. The van der Waals surface area contributed by atoms with Crippen LogP contribution in [0.1, 0.15) is 11.4 Å². The summed E-state index contributed by atoms with van der Waals surface area (Å²) >= 11 is 5.80. The van der Waals surface area contributed by atoms with Gasteiger partial charge in [-0.05, 0) is 55.5 Å². The molecule has 0 atom stereocenters. The molecule has 5 aromatic rings. The number of rotatable bonds is 5. The molecule has 0 aliphatic carbocycles. The van der Waals surface area contributed by atoms with Crippen LogP contribution in [-0.4, -0.2) is 35.3 Å². The molecule has 5 rings (SSSR count). The number of fused-ring (bicyclic) bond motifs is 1. The summed E-state index contributed by atoms with van der Waals surface area (Å²) < 4.78 is 16.7. The highest BCUT2D eigenvalue weighted by Crippen LogP contribution is 2.25. The van der Waals surface area contributed by atoms with E-state index >= 15 is 0 Å². The lowest BCUT2D eigenvalue weighted by atomic mass is 10.1. The number of carbonyl (C=O) groups is 1. The van der Waals surface area contributed by atoms with Crippen molar-refractivity contribution in [3.63, 3.8) is 0 Å². The number of hydrogen-bond acceptors (Lipinski definition) is 5. The molecule has 33 heavy (non-hydrogen) atoms. The number of carbonyl (C=O) groups excluding carboxylic acids is 1. The van der Waals surface area contributed by atoms with Crippen LogP contribution in [0.15, 0.2) is 67.1 Å². The zero-order valence-electron chi connectivity index (χ0n) is 17.4. The van der Waals surface area contributed by atoms with Crippen molar-refractivity contribution in [1.82, 2.24) is 29.4 Å². The van der Waals surface area contributed by atoms with Crippen LogP contribution in [0.3, 0.4) is 0 Å². The third kappa shape index (κ3) is 4.31. The minimum absolute atomic E-state index is 0.00633. The lowest BCUT2D eigenvalue weighted by molar-refractivity contribution is -0.115. The van der Waals surface area contributed by atoms with E-state index in [9.17, 15) is 9.18 Å². The molecule has 1 N–H and O–H groups in total. The van der Waals surface area contributed by atoms with Crippen molar-refractivity contribution in [2.75, 3.05) is 5.32 Å². The van der Waals surface area contributed by atoms with Gasteiger partial charge in [-0.3, -0.25) is 4.79 Å². The van der Waals surface area contributed by atoms with Gasteiger partial charge in [0.25, 0.3) is 0 Å². The van der Waals surface area contributed by atoms with Gasteiger partial charge >= 0.3 is 0 Å². The Hall–Kier alpha value is -4.11. The minimum atomic E-state index is -0.548. The van der Waals surface area contributed by atoms with Crippen molar-refractivity contribution < 1.29 is 9.18 Å². The van der Waals surface area contributed by atoms with E-state index in [-0.39, 0.29) is 17.4 Å². The zero-order valence-corrected chi connectivity index (χ0v) is 18.2. The van der Waals surface area contributed by atoms with Crippen LogP contribution in [0.25, 0.3) is 22.7 Å². The Morgan fingerprint density at radius 2 is 2.03 bits per heavy atom. The predicted molar refractivity (Wildman–Crippen MR) is 122 cm³/mol. The number of aromatic nitrogens is 6. The maximum atomic E-state index is 13.4. The van der Waals surface area contributed by atoms with Crippen LogP contribution >= 0.6 is 11.6 Å². The quantitative estimate of drug-likeness (QED) is 0.422. The van der Waals surface area contributed by atoms with Gasteiger partial charge in [-0.1, -0.05) is 17.7 Å². The summed E-state index contributed by atoms with van der Waals surface area (Å²) in [5, 5.41) is 11.5. The first-order valence-electron chi connectivity index (χ1n) is 10.0. The average molecular weight is 462 g/mol. The van der Waals surface area contributed by atoms with Gasteiger partial charge in [0.2, 0.25) is 5.91 Å². The number of aryl methyl sites for hydroxylation is 1. The molecule has 164 valence electrons. The first kappa shape index (κ1) is 20.8. The largest absolute Gasteiger partial charge is 0.326 e.